The molecule has 1 amide bonds. The average molecular weight is 1010 g/mol. The van der Waals surface area contributed by atoms with Crippen LogP contribution in [0.15, 0.2) is 24.3 Å². The highest BCUT2D eigenvalue weighted by Crippen LogP contribution is 2.18. The molecule has 426 valence electrons. The Hall–Kier alpha value is -1.66. The van der Waals surface area contributed by atoms with E-state index in [1.807, 2.05) is 6.08 Å². The number of unbranched alkanes of at least 4 members (excludes halogenated alkanes) is 48. The molecular formula is C66H127NO5. The number of carbonyl (C=O) groups excluding carboxylic acids is 2. The Balaban J connectivity index is 3.47. The molecule has 72 heavy (non-hydrogen) atoms. The quantitative estimate of drug-likeness (QED) is 0.0320. The molecule has 0 aliphatic carbocycles. The van der Waals surface area contributed by atoms with Crippen LogP contribution in [-0.2, 0) is 14.3 Å². The van der Waals surface area contributed by atoms with Gasteiger partial charge in [0.15, 0.2) is 0 Å². The lowest BCUT2D eigenvalue weighted by Gasteiger charge is -2.20. The van der Waals surface area contributed by atoms with Crippen molar-refractivity contribution in [2.24, 2.45) is 0 Å². The highest BCUT2D eigenvalue weighted by Gasteiger charge is 2.18. The first-order chi connectivity index (χ1) is 35.5. The Kier molecular flexibility index (Phi) is 60.5. The van der Waals surface area contributed by atoms with E-state index in [1.165, 1.54) is 276 Å². The average Bonchev–Trinajstić information content (AvgIpc) is 3.38. The molecule has 0 aliphatic rings. The van der Waals surface area contributed by atoms with Crippen LogP contribution in [0, 0.1) is 0 Å². The lowest BCUT2D eigenvalue weighted by atomic mass is 10.0. The lowest BCUT2D eigenvalue weighted by molar-refractivity contribution is -0.143. The van der Waals surface area contributed by atoms with Crippen LogP contribution in [0.2, 0.25) is 0 Å². The third kappa shape index (κ3) is 57.6. The molecule has 0 aromatic heterocycles. The van der Waals surface area contributed by atoms with Gasteiger partial charge in [-0.25, -0.2) is 0 Å². The van der Waals surface area contributed by atoms with E-state index in [0.717, 1.165) is 57.8 Å². The summed E-state index contributed by atoms with van der Waals surface area (Å²) in [6.07, 6.45) is 76.5. The summed E-state index contributed by atoms with van der Waals surface area (Å²) in [5.41, 5.74) is 0. The van der Waals surface area contributed by atoms with E-state index < -0.39 is 12.1 Å². The predicted octanol–water partition coefficient (Wildman–Crippen LogP) is 20.6. The molecule has 0 aromatic carbocycles. The summed E-state index contributed by atoms with van der Waals surface area (Å²) in [6, 6.07) is -0.639. The Bertz CT molecular complexity index is 1120. The van der Waals surface area contributed by atoms with Crippen LogP contribution >= 0.6 is 0 Å². The second-order valence-corrected chi connectivity index (χ2v) is 22.5. The van der Waals surface area contributed by atoms with E-state index >= 15 is 0 Å². The zero-order valence-electron chi connectivity index (χ0n) is 48.7. The minimum absolute atomic E-state index is 0.00573. The summed E-state index contributed by atoms with van der Waals surface area (Å²) < 4.78 is 5.49. The number of aliphatic hydroxyl groups excluding tert-OH is 2. The number of esters is 1. The fraction of sp³-hybridized carbons (Fsp3) is 0.909. The van der Waals surface area contributed by atoms with Gasteiger partial charge in [0.2, 0.25) is 5.91 Å². The van der Waals surface area contributed by atoms with Crippen molar-refractivity contribution in [1.29, 1.82) is 0 Å². The van der Waals surface area contributed by atoms with Crippen LogP contribution in [0.4, 0.5) is 0 Å². The molecule has 6 nitrogen and oxygen atoms in total. The number of rotatable bonds is 61. The normalized spacial score (nSPS) is 12.7. The molecule has 0 aliphatic heterocycles. The van der Waals surface area contributed by atoms with Gasteiger partial charge in [0.05, 0.1) is 25.4 Å². The van der Waals surface area contributed by atoms with Gasteiger partial charge in [-0.05, 0) is 57.8 Å². The molecular weight excluding hydrogens is 887 g/mol. The van der Waals surface area contributed by atoms with Crippen molar-refractivity contribution in [3.8, 4) is 0 Å². The first kappa shape index (κ1) is 70.3. The minimum atomic E-state index is -0.854. The van der Waals surface area contributed by atoms with E-state index in [2.05, 4.69) is 31.3 Å². The van der Waals surface area contributed by atoms with Crippen molar-refractivity contribution >= 4 is 11.9 Å². The summed E-state index contributed by atoms with van der Waals surface area (Å²) in [7, 11) is 0. The van der Waals surface area contributed by atoms with Crippen molar-refractivity contribution in [2.45, 2.75) is 373 Å². The van der Waals surface area contributed by atoms with E-state index in [9.17, 15) is 19.8 Å². The van der Waals surface area contributed by atoms with Gasteiger partial charge in [-0.3, -0.25) is 9.59 Å². The Morgan fingerprint density at radius 3 is 0.986 bits per heavy atom. The maximum Gasteiger partial charge on any atom is 0.305 e. The highest BCUT2D eigenvalue weighted by molar-refractivity contribution is 5.76. The second kappa shape index (κ2) is 61.9. The van der Waals surface area contributed by atoms with Crippen molar-refractivity contribution in [3.05, 3.63) is 24.3 Å². The van der Waals surface area contributed by atoms with Gasteiger partial charge in [-0.2, -0.15) is 0 Å². The minimum Gasteiger partial charge on any atom is -0.466 e. The molecule has 3 N–H and O–H groups in total. The van der Waals surface area contributed by atoms with Crippen LogP contribution < -0.4 is 5.32 Å². The number of carbonyl (C=O) groups is 2. The van der Waals surface area contributed by atoms with Gasteiger partial charge in [0, 0.05) is 12.8 Å². The zero-order chi connectivity index (χ0) is 52.2. The molecule has 0 radical (unpaired) electrons. The Morgan fingerprint density at radius 2 is 0.653 bits per heavy atom. The Labute approximate surface area is 450 Å². The predicted molar refractivity (Wildman–Crippen MR) is 315 cm³/mol. The number of aliphatic hydroxyl groups is 2. The fourth-order valence-corrected chi connectivity index (χ4v) is 10.2. The summed E-state index contributed by atoms with van der Waals surface area (Å²) >= 11 is 0. The third-order valence-corrected chi connectivity index (χ3v) is 15.2. The van der Waals surface area contributed by atoms with Gasteiger partial charge >= 0.3 is 5.97 Å². The molecule has 0 rings (SSSR count). The second-order valence-electron chi connectivity index (χ2n) is 22.5. The monoisotopic (exact) mass is 1010 g/mol. The number of allylic oxidation sites excluding steroid dienone is 3. The number of nitrogens with one attached hydrogen (secondary N) is 1. The third-order valence-electron chi connectivity index (χ3n) is 15.2. The molecule has 0 spiro atoms. The number of amides is 1. The van der Waals surface area contributed by atoms with Gasteiger partial charge in [-0.15, -0.1) is 0 Å². The molecule has 0 heterocycles. The largest absolute Gasteiger partial charge is 0.466 e. The molecule has 2 unspecified atom stereocenters. The van der Waals surface area contributed by atoms with Crippen LogP contribution in [0.25, 0.3) is 0 Å². The first-order valence-corrected chi connectivity index (χ1v) is 32.6. The number of ether oxygens (including phenoxy) is 1. The molecule has 0 aromatic rings. The first-order valence-electron chi connectivity index (χ1n) is 32.6. The molecule has 0 saturated carbocycles. The van der Waals surface area contributed by atoms with Gasteiger partial charge in [0.1, 0.15) is 0 Å². The molecule has 0 fully saturated rings. The molecule has 6 heteroatoms. The van der Waals surface area contributed by atoms with Crippen molar-refractivity contribution in [1.82, 2.24) is 5.32 Å². The smallest absolute Gasteiger partial charge is 0.305 e. The molecule has 0 bridgehead atoms. The van der Waals surface area contributed by atoms with E-state index in [1.54, 1.807) is 6.08 Å². The molecule has 0 saturated heterocycles. The number of hydrogen-bond donors (Lipinski definition) is 3. The number of hydrogen-bond acceptors (Lipinski definition) is 5. The van der Waals surface area contributed by atoms with Gasteiger partial charge < -0.3 is 20.3 Å². The molecule has 2 atom stereocenters. The summed E-state index contributed by atoms with van der Waals surface area (Å²) in [5, 5.41) is 23.2. The summed E-state index contributed by atoms with van der Waals surface area (Å²) in [6.45, 7) is 4.92. The van der Waals surface area contributed by atoms with Crippen LogP contribution in [0.5, 0.6) is 0 Å². The van der Waals surface area contributed by atoms with Gasteiger partial charge in [-0.1, -0.05) is 314 Å². The van der Waals surface area contributed by atoms with Gasteiger partial charge in [0.25, 0.3) is 0 Å². The SMILES string of the molecule is CCCCCCCCCCCCCCCCCCCCCC/C=C/C(O)C(CO)NC(=O)CCCCCCC/C=C\CCCCCCCCCCCOC(=O)CCCCCCCCCCCCCCCCC. The van der Waals surface area contributed by atoms with E-state index in [0.29, 0.717) is 19.4 Å². The van der Waals surface area contributed by atoms with E-state index in [4.69, 9.17) is 4.74 Å². The van der Waals surface area contributed by atoms with Crippen molar-refractivity contribution in [2.75, 3.05) is 13.2 Å². The topological polar surface area (TPSA) is 95.9 Å². The standard InChI is InChI=1S/C66H127NO5/c1-3-5-7-9-11-13-15-17-19-20-21-22-23-24-27-31-34-38-42-46-50-54-58-64(69)63(62-68)67-65(70)59-55-51-47-43-39-35-32-28-25-26-29-33-37-41-45-49-53-57-61-72-66(71)60-56-52-48-44-40-36-30-18-16-14-12-10-8-6-4-2/h28,32,54,58,63-64,68-69H,3-27,29-31,33-53,55-57,59-62H2,1-2H3,(H,67,70)/b32-28-,58-54+. The fourth-order valence-electron chi connectivity index (χ4n) is 10.2. The van der Waals surface area contributed by atoms with Crippen molar-refractivity contribution < 1.29 is 24.5 Å². The zero-order valence-corrected chi connectivity index (χ0v) is 48.7. The van der Waals surface area contributed by atoms with Crippen LogP contribution in [0.3, 0.4) is 0 Å². The maximum atomic E-state index is 12.5. The summed E-state index contributed by atoms with van der Waals surface area (Å²) in [4.78, 5) is 24.6. The van der Waals surface area contributed by atoms with Crippen LogP contribution in [0.1, 0.15) is 361 Å². The van der Waals surface area contributed by atoms with Crippen LogP contribution in [-0.4, -0.2) is 47.4 Å². The maximum absolute atomic E-state index is 12.5. The van der Waals surface area contributed by atoms with Crippen molar-refractivity contribution in [3.63, 3.8) is 0 Å². The highest BCUT2D eigenvalue weighted by atomic mass is 16.5. The van der Waals surface area contributed by atoms with E-state index in [-0.39, 0.29) is 18.5 Å². The Morgan fingerprint density at radius 1 is 0.375 bits per heavy atom. The summed E-state index contributed by atoms with van der Waals surface area (Å²) in [5.74, 6) is -0.0730. The lowest BCUT2D eigenvalue weighted by Crippen LogP contribution is -2.45.